The van der Waals surface area contributed by atoms with Crippen molar-refractivity contribution in [2.24, 2.45) is 5.73 Å². The summed E-state index contributed by atoms with van der Waals surface area (Å²) in [5.74, 6) is -0.935. The molecule has 8 heteroatoms. The molecule has 20 heavy (non-hydrogen) atoms. The monoisotopic (exact) mass is 275 g/mol. The third-order valence-corrected chi connectivity index (χ3v) is 2.55. The van der Waals surface area contributed by atoms with E-state index in [0.717, 1.165) is 0 Å². The quantitative estimate of drug-likeness (QED) is 0.763. The first-order valence-electron chi connectivity index (χ1n) is 5.81. The summed E-state index contributed by atoms with van der Waals surface area (Å²) in [7, 11) is 0. The molecule has 0 atom stereocenters. The fourth-order valence-electron chi connectivity index (χ4n) is 1.60. The molecule has 0 radical (unpaired) electrons. The van der Waals surface area contributed by atoms with Crippen LogP contribution in [0.4, 0.5) is 5.69 Å². The Morgan fingerprint density at radius 1 is 1.45 bits per heavy atom. The number of anilines is 1. The number of nitrogens with two attached hydrogens (primary N) is 2. The lowest BCUT2D eigenvalue weighted by atomic mass is 10.2. The van der Waals surface area contributed by atoms with E-state index in [1.54, 1.807) is 6.92 Å². The van der Waals surface area contributed by atoms with Gasteiger partial charge in [0.1, 0.15) is 0 Å². The van der Waals surface area contributed by atoms with Crippen LogP contribution in [0.2, 0.25) is 0 Å². The summed E-state index contributed by atoms with van der Waals surface area (Å²) in [6.07, 6.45) is 4.08. The lowest BCUT2D eigenvalue weighted by Gasteiger charge is -2.08. The first kappa shape index (κ1) is 13.5. The first-order valence-corrected chi connectivity index (χ1v) is 5.81. The van der Waals surface area contributed by atoms with Crippen LogP contribution in [-0.2, 0) is 4.74 Å². The second-order valence-electron chi connectivity index (χ2n) is 3.85. The van der Waals surface area contributed by atoms with Crippen LogP contribution >= 0.6 is 0 Å². The number of nitrogen functional groups attached to an aromatic ring is 1. The molecule has 2 rings (SSSR count). The normalized spacial score (nSPS) is 10.2. The minimum atomic E-state index is -0.614. The van der Waals surface area contributed by atoms with Gasteiger partial charge in [-0.15, -0.1) is 0 Å². The van der Waals surface area contributed by atoms with E-state index in [-0.39, 0.29) is 29.2 Å². The molecular weight excluding hydrogens is 262 g/mol. The fourth-order valence-corrected chi connectivity index (χ4v) is 1.60. The van der Waals surface area contributed by atoms with Gasteiger partial charge in [-0.25, -0.2) is 14.5 Å². The van der Waals surface area contributed by atoms with E-state index in [9.17, 15) is 9.59 Å². The van der Waals surface area contributed by atoms with Gasteiger partial charge in [-0.1, -0.05) is 0 Å². The summed E-state index contributed by atoms with van der Waals surface area (Å²) in [5.41, 5.74) is 11.6. The van der Waals surface area contributed by atoms with Crippen LogP contribution in [0.3, 0.4) is 0 Å². The molecule has 0 aromatic carbocycles. The van der Waals surface area contributed by atoms with Crippen molar-refractivity contribution in [2.45, 2.75) is 6.92 Å². The maximum Gasteiger partial charge on any atom is 0.340 e. The summed E-state index contributed by atoms with van der Waals surface area (Å²) < 4.78 is 6.17. The molecule has 4 N–H and O–H groups in total. The van der Waals surface area contributed by atoms with Crippen molar-refractivity contribution in [1.82, 2.24) is 14.8 Å². The van der Waals surface area contributed by atoms with E-state index >= 15 is 0 Å². The third kappa shape index (κ3) is 2.44. The molecule has 0 aliphatic rings. The number of hydrogen-bond donors (Lipinski definition) is 2. The van der Waals surface area contributed by atoms with Crippen LogP contribution in [0, 0.1) is 0 Å². The molecule has 0 saturated carbocycles. The van der Waals surface area contributed by atoms with Gasteiger partial charge in [-0.3, -0.25) is 4.79 Å². The molecule has 0 saturated heterocycles. The number of ether oxygens (including phenoxy) is 1. The predicted molar refractivity (Wildman–Crippen MR) is 70.2 cm³/mol. The van der Waals surface area contributed by atoms with Crippen molar-refractivity contribution in [3.8, 4) is 5.82 Å². The Balaban J connectivity index is 2.44. The highest BCUT2D eigenvalue weighted by Gasteiger charge is 2.16. The highest BCUT2D eigenvalue weighted by atomic mass is 16.5. The number of aromatic nitrogens is 3. The van der Waals surface area contributed by atoms with Gasteiger partial charge in [0.25, 0.3) is 5.91 Å². The second-order valence-corrected chi connectivity index (χ2v) is 3.85. The van der Waals surface area contributed by atoms with Gasteiger partial charge in [0.05, 0.1) is 29.6 Å². The molecule has 2 heterocycles. The smallest absolute Gasteiger partial charge is 0.340 e. The van der Waals surface area contributed by atoms with Crippen LogP contribution in [0.25, 0.3) is 5.82 Å². The highest BCUT2D eigenvalue weighted by Crippen LogP contribution is 2.19. The van der Waals surface area contributed by atoms with Crippen molar-refractivity contribution in [3.05, 3.63) is 35.8 Å². The maximum atomic E-state index is 11.7. The highest BCUT2D eigenvalue weighted by molar-refractivity contribution is 5.96. The number of carbonyl (C=O) groups excluding carboxylic acids is 2. The Hall–Kier alpha value is -2.90. The SMILES string of the molecule is CCOC(=O)c1ccnc(-n2cc(C(N)=O)cn2)c1N. The summed E-state index contributed by atoms with van der Waals surface area (Å²) >= 11 is 0. The Morgan fingerprint density at radius 2 is 2.20 bits per heavy atom. The van der Waals surface area contributed by atoms with Gasteiger partial charge < -0.3 is 16.2 Å². The average Bonchev–Trinajstić information content (AvgIpc) is 2.88. The number of nitrogens with zero attached hydrogens (tertiary/aromatic N) is 3. The molecule has 2 aromatic rings. The lowest BCUT2D eigenvalue weighted by Crippen LogP contribution is -2.12. The zero-order valence-electron chi connectivity index (χ0n) is 10.7. The number of carbonyl (C=O) groups is 2. The molecule has 0 bridgehead atoms. The maximum absolute atomic E-state index is 11.7. The fraction of sp³-hybridized carbons (Fsp3) is 0.167. The number of amides is 1. The molecule has 0 aliphatic carbocycles. The molecule has 1 amide bonds. The summed E-state index contributed by atoms with van der Waals surface area (Å²) in [4.78, 5) is 26.8. The number of esters is 1. The molecule has 0 aliphatic heterocycles. The number of pyridine rings is 1. The molecular formula is C12H13N5O3. The Labute approximate surface area is 114 Å². The van der Waals surface area contributed by atoms with Crippen molar-refractivity contribution in [1.29, 1.82) is 0 Å². The van der Waals surface area contributed by atoms with Crippen molar-refractivity contribution in [3.63, 3.8) is 0 Å². The third-order valence-electron chi connectivity index (χ3n) is 2.55. The Kier molecular flexibility index (Phi) is 3.65. The minimum absolute atomic E-state index is 0.116. The van der Waals surface area contributed by atoms with Gasteiger partial charge >= 0.3 is 5.97 Å². The topological polar surface area (TPSA) is 126 Å². The lowest BCUT2D eigenvalue weighted by molar-refractivity contribution is 0.0527. The Bertz CT molecular complexity index is 665. The van der Waals surface area contributed by atoms with Crippen molar-refractivity contribution in [2.75, 3.05) is 12.3 Å². The molecule has 0 unspecified atom stereocenters. The van der Waals surface area contributed by atoms with Gasteiger partial charge in [-0.05, 0) is 13.0 Å². The van der Waals surface area contributed by atoms with Crippen LogP contribution in [-0.4, -0.2) is 33.2 Å². The standard InChI is InChI=1S/C12H13N5O3/c1-2-20-12(19)8-3-4-15-11(9(8)13)17-6-7(5-16-17)10(14)18/h3-6H,2,13H2,1H3,(H2,14,18). The molecule has 8 nitrogen and oxygen atoms in total. The van der Waals surface area contributed by atoms with Crippen LogP contribution in [0.5, 0.6) is 0 Å². The van der Waals surface area contributed by atoms with Gasteiger partial charge in [-0.2, -0.15) is 5.10 Å². The minimum Gasteiger partial charge on any atom is -0.462 e. The second kappa shape index (κ2) is 5.39. The summed E-state index contributed by atoms with van der Waals surface area (Å²) in [6, 6.07) is 1.45. The summed E-state index contributed by atoms with van der Waals surface area (Å²) in [6.45, 7) is 1.94. The van der Waals surface area contributed by atoms with Crippen LogP contribution in [0.1, 0.15) is 27.6 Å². The van der Waals surface area contributed by atoms with Crippen molar-refractivity contribution >= 4 is 17.6 Å². The number of rotatable bonds is 4. The summed E-state index contributed by atoms with van der Waals surface area (Å²) in [5, 5.41) is 3.94. The van der Waals surface area contributed by atoms with E-state index in [2.05, 4.69) is 10.1 Å². The van der Waals surface area contributed by atoms with E-state index in [0.29, 0.717) is 0 Å². The largest absolute Gasteiger partial charge is 0.462 e. The van der Waals surface area contributed by atoms with E-state index in [4.69, 9.17) is 16.2 Å². The number of primary amides is 1. The van der Waals surface area contributed by atoms with E-state index in [1.807, 2.05) is 0 Å². The molecule has 0 spiro atoms. The molecule has 104 valence electrons. The molecule has 2 aromatic heterocycles. The zero-order chi connectivity index (χ0) is 14.7. The van der Waals surface area contributed by atoms with Gasteiger partial charge in [0.2, 0.25) is 0 Å². The average molecular weight is 275 g/mol. The Morgan fingerprint density at radius 3 is 2.80 bits per heavy atom. The number of hydrogen-bond acceptors (Lipinski definition) is 6. The van der Waals surface area contributed by atoms with Gasteiger partial charge in [0.15, 0.2) is 5.82 Å². The molecule has 0 fully saturated rings. The first-order chi connectivity index (χ1) is 9.54. The zero-order valence-corrected chi connectivity index (χ0v) is 10.7. The van der Waals surface area contributed by atoms with E-state index in [1.165, 1.54) is 29.3 Å². The van der Waals surface area contributed by atoms with Crippen LogP contribution < -0.4 is 11.5 Å². The van der Waals surface area contributed by atoms with Crippen molar-refractivity contribution < 1.29 is 14.3 Å². The van der Waals surface area contributed by atoms with Crippen LogP contribution in [0.15, 0.2) is 24.7 Å². The predicted octanol–water partition coefficient (Wildman–Crippen LogP) is 0.125. The van der Waals surface area contributed by atoms with E-state index < -0.39 is 11.9 Å². The van der Waals surface area contributed by atoms with Gasteiger partial charge in [0, 0.05) is 12.4 Å².